The fourth-order valence-corrected chi connectivity index (χ4v) is 3.57. The Morgan fingerprint density at radius 1 is 1.24 bits per heavy atom. The largest absolute Gasteiger partial charge is 0.487 e. The topological polar surface area (TPSA) is 54.9 Å². The summed E-state index contributed by atoms with van der Waals surface area (Å²) in [6.07, 6.45) is 3.12. The predicted octanol–water partition coefficient (Wildman–Crippen LogP) is 3.27. The van der Waals surface area contributed by atoms with Gasteiger partial charge in [0.25, 0.3) is 0 Å². The Morgan fingerprint density at radius 2 is 2.00 bits per heavy atom. The zero-order valence-electron chi connectivity index (χ0n) is 15.7. The fourth-order valence-electron chi connectivity index (χ4n) is 3.57. The third-order valence-electron chi connectivity index (χ3n) is 4.88. The van der Waals surface area contributed by atoms with Crippen molar-refractivity contribution in [2.45, 2.75) is 51.7 Å². The molecule has 1 saturated heterocycles. The number of rotatable bonds is 4. The van der Waals surface area contributed by atoms with E-state index in [0.29, 0.717) is 5.92 Å². The number of hydrogen-bond acceptors (Lipinski definition) is 3. The predicted molar refractivity (Wildman–Crippen MR) is 101 cm³/mol. The molecule has 2 aliphatic heterocycles. The summed E-state index contributed by atoms with van der Waals surface area (Å²) in [4.78, 5) is 4.85. The molecule has 2 heterocycles. The second-order valence-corrected chi connectivity index (χ2v) is 7.58. The number of benzene rings is 1. The summed E-state index contributed by atoms with van der Waals surface area (Å²) >= 11 is 0. The number of para-hydroxylation sites is 1. The Hall–Kier alpha value is -1.75. The highest BCUT2D eigenvalue weighted by atomic mass is 16.5. The van der Waals surface area contributed by atoms with Gasteiger partial charge in [-0.25, -0.2) is 0 Å². The lowest BCUT2D eigenvalue weighted by atomic mass is 9.90. The van der Waals surface area contributed by atoms with E-state index in [0.717, 1.165) is 57.3 Å². The highest BCUT2D eigenvalue weighted by Gasteiger charge is 2.34. The van der Waals surface area contributed by atoms with Crippen molar-refractivity contribution in [1.82, 2.24) is 10.6 Å². The Morgan fingerprint density at radius 3 is 2.76 bits per heavy atom. The van der Waals surface area contributed by atoms with Gasteiger partial charge in [0.2, 0.25) is 0 Å². The minimum Gasteiger partial charge on any atom is -0.487 e. The summed E-state index contributed by atoms with van der Waals surface area (Å²) in [6, 6.07) is 8.50. The molecule has 3 rings (SSSR count). The van der Waals surface area contributed by atoms with E-state index in [-0.39, 0.29) is 11.6 Å². The molecule has 0 radical (unpaired) electrons. The van der Waals surface area contributed by atoms with Gasteiger partial charge in [-0.2, -0.15) is 0 Å². The molecule has 1 aromatic carbocycles. The van der Waals surface area contributed by atoms with Gasteiger partial charge in [-0.1, -0.05) is 18.2 Å². The molecule has 1 unspecified atom stereocenters. The Bertz CT molecular complexity index is 594. The number of nitrogens with zero attached hydrogens (tertiary/aromatic N) is 1. The highest BCUT2D eigenvalue weighted by molar-refractivity contribution is 5.80. The van der Waals surface area contributed by atoms with Crippen LogP contribution in [0.3, 0.4) is 0 Å². The fraction of sp³-hybridized carbons (Fsp3) is 0.650. The lowest BCUT2D eigenvalue weighted by Gasteiger charge is -2.38. The van der Waals surface area contributed by atoms with Crippen LogP contribution in [0.15, 0.2) is 29.3 Å². The minimum atomic E-state index is -0.190. The third-order valence-corrected chi connectivity index (χ3v) is 4.88. The summed E-state index contributed by atoms with van der Waals surface area (Å²) in [7, 11) is 0. The van der Waals surface area contributed by atoms with Crippen LogP contribution < -0.4 is 15.4 Å². The monoisotopic (exact) mass is 345 g/mol. The van der Waals surface area contributed by atoms with Crippen molar-refractivity contribution in [3.8, 4) is 5.75 Å². The van der Waals surface area contributed by atoms with Crippen LogP contribution in [0, 0.1) is 5.92 Å². The molecule has 1 fully saturated rings. The van der Waals surface area contributed by atoms with Gasteiger partial charge in [0.15, 0.2) is 5.96 Å². The molecular weight excluding hydrogens is 314 g/mol. The van der Waals surface area contributed by atoms with Crippen molar-refractivity contribution >= 4 is 5.96 Å². The van der Waals surface area contributed by atoms with Crippen LogP contribution in [-0.4, -0.2) is 37.9 Å². The van der Waals surface area contributed by atoms with E-state index in [1.54, 1.807) is 0 Å². The van der Waals surface area contributed by atoms with Crippen LogP contribution >= 0.6 is 0 Å². The van der Waals surface area contributed by atoms with E-state index in [1.807, 2.05) is 6.07 Å². The maximum atomic E-state index is 6.13. The van der Waals surface area contributed by atoms with Crippen LogP contribution in [-0.2, 0) is 4.74 Å². The van der Waals surface area contributed by atoms with Crippen LogP contribution in [0.1, 0.15) is 51.6 Å². The van der Waals surface area contributed by atoms with Gasteiger partial charge in [-0.15, -0.1) is 0 Å². The van der Waals surface area contributed by atoms with Gasteiger partial charge in [-0.05, 0) is 45.6 Å². The number of hydrogen-bond donors (Lipinski definition) is 2. The summed E-state index contributed by atoms with van der Waals surface area (Å²) in [5.41, 5.74) is 1.02. The molecule has 0 aromatic heterocycles. The first-order valence-electron chi connectivity index (χ1n) is 9.48. The van der Waals surface area contributed by atoms with Crippen molar-refractivity contribution < 1.29 is 9.47 Å². The zero-order chi connectivity index (χ0) is 17.7. The van der Waals surface area contributed by atoms with E-state index < -0.39 is 0 Å². The Balaban J connectivity index is 1.72. The van der Waals surface area contributed by atoms with Gasteiger partial charge < -0.3 is 20.1 Å². The van der Waals surface area contributed by atoms with Gasteiger partial charge in [0.05, 0.1) is 6.04 Å². The number of nitrogens with one attached hydrogen (secondary N) is 2. The molecule has 0 bridgehead atoms. The average molecular weight is 345 g/mol. The lowest BCUT2D eigenvalue weighted by molar-refractivity contribution is 0.0679. The van der Waals surface area contributed by atoms with Crippen molar-refractivity contribution in [2.75, 3.05) is 26.3 Å². The maximum Gasteiger partial charge on any atom is 0.191 e. The van der Waals surface area contributed by atoms with Crippen molar-refractivity contribution in [3.05, 3.63) is 29.8 Å². The molecule has 0 aliphatic carbocycles. The van der Waals surface area contributed by atoms with Gasteiger partial charge in [0.1, 0.15) is 11.4 Å². The van der Waals surface area contributed by atoms with Crippen LogP contribution in [0.25, 0.3) is 0 Å². The van der Waals surface area contributed by atoms with Gasteiger partial charge in [-0.3, -0.25) is 4.99 Å². The van der Waals surface area contributed by atoms with E-state index in [2.05, 4.69) is 49.6 Å². The normalized spacial score (nSPS) is 23.5. The SMILES string of the molecule is CCNC(=NCC1CCOCC1)NC1CC(C)(C)Oc2ccccc21. The van der Waals surface area contributed by atoms with Crippen molar-refractivity contribution in [3.63, 3.8) is 0 Å². The minimum absolute atomic E-state index is 0.190. The molecule has 2 aliphatic rings. The molecule has 0 spiro atoms. The first kappa shape index (κ1) is 18.1. The van der Waals surface area contributed by atoms with E-state index in [1.165, 1.54) is 5.56 Å². The maximum absolute atomic E-state index is 6.13. The second-order valence-electron chi connectivity index (χ2n) is 7.58. The summed E-state index contributed by atoms with van der Waals surface area (Å²) in [5.74, 6) is 2.49. The summed E-state index contributed by atoms with van der Waals surface area (Å²) in [6.45, 7) is 9.83. The summed E-state index contributed by atoms with van der Waals surface area (Å²) in [5, 5.41) is 7.03. The van der Waals surface area contributed by atoms with E-state index >= 15 is 0 Å². The number of aliphatic imine (C=N–C) groups is 1. The molecule has 25 heavy (non-hydrogen) atoms. The van der Waals surface area contributed by atoms with Crippen molar-refractivity contribution in [2.24, 2.45) is 10.9 Å². The lowest BCUT2D eigenvalue weighted by Crippen LogP contribution is -2.45. The second kappa shape index (κ2) is 8.09. The smallest absolute Gasteiger partial charge is 0.191 e. The number of guanidine groups is 1. The molecule has 5 heteroatoms. The quantitative estimate of drug-likeness (QED) is 0.650. The number of fused-ring (bicyclic) bond motifs is 1. The molecule has 0 amide bonds. The average Bonchev–Trinajstić information content (AvgIpc) is 2.60. The first-order valence-corrected chi connectivity index (χ1v) is 9.48. The molecule has 2 N–H and O–H groups in total. The van der Waals surface area contributed by atoms with Crippen LogP contribution in [0.4, 0.5) is 0 Å². The van der Waals surface area contributed by atoms with Gasteiger partial charge in [0, 0.05) is 38.3 Å². The summed E-state index contributed by atoms with van der Waals surface area (Å²) < 4.78 is 11.6. The molecule has 1 atom stereocenters. The zero-order valence-corrected chi connectivity index (χ0v) is 15.7. The van der Waals surface area contributed by atoms with Gasteiger partial charge >= 0.3 is 0 Å². The first-order chi connectivity index (χ1) is 12.1. The van der Waals surface area contributed by atoms with Crippen molar-refractivity contribution in [1.29, 1.82) is 0 Å². The molecular formula is C20H31N3O2. The number of ether oxygens (including phenoxy) is 2. The third kappa shape index (κ3) is 4.88. The Kier molecular flexibility index (Phi) is 5.84. The van der Waals surface area contributed by atoms with Crippen LogP contribution in [0.2, 0.25) is 0 Å². The molecule has 5 nitrogen and oxygen atoms in total. The molecule has 0 saturated carbocycles. The standard InChI is InChI=1S/C20H31N3O2/c1-4-21-19(22-14-15-9-11-24-12-10-15)23-17-13-20(2,3)25-18-8-6-5-7-16(17)18/h5-8,15,17H,4,9-14H2,1-3H3,(H2,21,22,23). The van der Waals surface area contributed by atoms with Crippen LogP contribution in [0.5, 0.6) is 5.75 Å². The van der Waals surface area contributed by atoms with E-state index in [4.69, 9.17) is 14.5 Å². The molecule has 1 aromatic rings. The van der Waals surface area contributed by atoms with E-state index in [9.17, 15) is 0 Å². The molecule has 138 valence electrons. The Labute approximate surface area is 151 Å². The highest BCUT2D eigenvalue weighted by Crippen LogP contribution is 2.39.